The van der Waals surface area contributed by atoms with Crippen molar-refractivity contribution in [3.05, 3.63) is 23.8 Å². The lowest BCUT2D eigenvalue weighted by atomic mass is 10.2. The van der Waals surface area contributed by atoms with Gasteiger partial charge in [0.15, 0.2) is 26.1 Å². The van der Waals surface area contributed by atoms with E-state index < -0.39 is 15.8 Å². The standard InChI is InChI=1S/C9H9O4S.Al/c1-13-9(10)7-4-3-5-8(6-7)14(2,11)12;/h3,5-6H,1-2H3;. The first kappa shape index (κ1) is 12.2. The van der Waals surface area contributed by atoms with Gasteiger partial charge in [0.25, 0.3) is 0 Å². The Morgan fingerprint density at radius 2 is 2.00 bits per heavy atom. The normalized spacial score (nSPS) is 11.1. The molecule has 0 saturated carbocycles. The van der Waals surface area contributed by atoms with E-state index in [2.05, 4.69) is 21.0 Å². The number of carbonyl (C=O) groups is 1. The Bertz CT molecular complexity index is 493. The lowest BCUT2D eigenvalue weighted by molar-refractivity contribution is 0.0602. The molecule has 0 amide bonds. The molecule has 4 nitrogen and oxygen atoms in total. The number of sulfone groups is 1. The molecule has 15 heavy (non-hydrogen) atoms. The van der Waals surface area contributed by atoms with Crippen LogP contribution in [0.4, 0.5) is 0 Å². The van der Waals surface area contributed by atoms with Gasteiger partial charge in [0.1, 0.15) is 0 Å². The number of methoxy groups -OCH3 is 1. The van der Waals surface area contributed by atoms with Gasteiger partial charge in [-0.25, -0.2) is 13.2 Å². The number of ether oxygens (including phenoxy) is 1. The molecule has 0 aliphatic rings. The fraction of sp³-hybridized carbons (Fsp3) is 0.222. The fourth-order valence-electron chi connectivity index (χ4n) is 1.05. The third-order valence-electron chi connectivity index (χ3n) is 1.86. The zero-order chi connectivity index (χ0) is 11.6. The van der Waals surface area contributed by atoms with E-state index in [-0.39, 0.29) is 10.5 Å². The van der Waals surface area contributed by atoms with Crippen molar-refractivity contribution in [3.63, 3.8) is 0 Å². The summed E-state index contributed by atoms with van der Waals surface area (Å²) in [4.78, 5) is 11.4. The summed E-state index contributed by atoms with van der Waals surface area (Å²) < 4.78 is 27.6. The van der Waals surface area contributed by atoms with Crippen LogP contribution < -0.4 is 4.43 Å². The second-order valence-electron chi connectivity index (χ2n) is 3.01. The van der Waals surface area contributed by atoms with E-state index in [4.69, 9.17) is 0 Å². The lowest BCUT2D eigenvalue weighted by Gasteiger charge is -2.06. The van der Waals surface area contributed by atoms with Crippen molar-refractivity contribution in [2.75, 3.05) is 13.4 Å². The van der Waals surface area contributed by atoms with Crippen molar-refractivity contribution in [1.82, 2.24) is 0 Å². The first-order chi connectivity index (χ1) is 6.86. The molecule has 78 valence electrons. The van der Waals surface area contributed by atoms with Crippen molar-refractivity contribution in [2.24, 2.45) is 0 Å². The Balaban J connectivity index is 3.36. The van der Waals surface area contributed by atoms with Crippen molar-refractivity contribution >= 4 is 36.5 Å². The number of esters is 1. The highest BCUT2D eigenvalue weighted by Gasteiger charge is 2.13. The maximum atomic E-state index is 11.3. The highest BCUT2D eigenvalue weighted by Crippen LogP contribution is 2.10. The van der Waals surface area contributed by atoms with Crippen LogP contribution in [0.2, 0.25) is 0 Å². The second-order valence-corrected chi connectivity index (χ2v) is 5.65. The van der Waals surface area contributed by atoms with Gasteiger partial charge in [0.2, 0.25) is 0 Å². The van der Waals surface area contributed by atoms with Crippen molar-refractivity contribution in [1.29, 1.82) is 0 Å². The fourth-order valence-corrected chi connectivity index (χ4v) is 2.00. The van der Waals surface area contributed by atoms with Crippen LogP contribution in [0.3, 0.4) is 0 Å². The molecular weight excluding hydrogens is 231 g/mol. The average Bonchev–Trinajstić information content (AvgIpc) is 2.15. The summed E-state index contributed by atoms with van der Waals surface area (Å²) in [5.41, 5.74) is 0.241. The maximum absolute atomic E-state index is 11.3. The molecule has 0 unspecified atom stereocenters. The van der Waals surface area contributed by atoms with E-state index in [9.17, 15) is 13.2 Å². The Morgan fingerprint density at radius 1 is 1.40 bits per heavy atom. The summed E-state index contributed by atoms with van der Waals surface area (Å²) in [6.45, 7) is 0. The van der Waals surface area contributed by atoms with E-state index in [1.807, 2.05) is 0 Å². The molecule has 0 bridgehead atoms. The molecule has 0 fully saturated rings. The minimum absolute atomic E-state index is 0.106. The van der Waals surface area contributed by atoms with Gasteiger partial charge in [-0.1, -0.05) is 6.07 Å². The molecule has 1 rings (SSSR count). The van der Waals surface area contributed by atoms with Crippen molar-refractivity contribution in [2.45, 2.75) is 4.90 Å². The van der Waals surface area contributed by atoms with Crippen LogP contribution in [0.25, 0.3) is 0 Å². The first-order valence-corrected chi connectivity index (χ1v) is 6.51. The first-order valence-electron chi connectivity index (χ1n) is 4.04. The summed E-state index contributed by atoms with van der Waals surface area (Å²) in [7, 11) is -2.05. The topological polar surface area (TPSA) is 60.4 Å². The molecule has 0 atom stereocenters. The minimum Gasteiger partial charge on any atom is -0.465 e. The minimum atomic E-state index is -3.30. The molecule has 1 aromatic carbocycles. The number of hydrogen-bond acceptors (Lipinski definition) is 4. The van der Waals surface area contributed by atoms with Gasteiger partial charge in [-0.2, -0.15) is 0 Å². The van der Waals surface area contributed by atoms with Crippen LogP contribution in [0.15, 0.2) is 23.1 Å². The maximum Gasteiger partial charge on any atom is 0.336 e. The van der Waals surface area contributed by atoms with Gasteiger partial charge in [0, 0.05) is 11.8 Å². The summed E-state index contributed by atoms with van der Waals surface area (Å²) >= 11 is 2.35. The van der Waals surface area contributed by atoms with Crippen LogP contribution in [0, 0.1) is 0 Å². The Hall–Kier alpha value is -0.828. The molecule has 0 N–H and O–H groups in total. The summed E-state index contributed by atoms with van der Waals surface area (Å²) in [6, 6.07) is 4.31. The van der Waals surface area contributed by atoms with Gasteiger partial charge < -0.3 is 4.74 Å². The van der Waals surface area contributed by atoms with E-state index in [0.29, 0.717) is 4.43 Å². The van der Waals surface area contributed by atoms with Crippen molar-refractivity contribution in [3.8, 4) is 0 Å². The van der Waals surface area contributed by atoms with Crippen LogP contribution in [-0.2, 0) is 14.6 Å². The third kappa shape index (κ3) is 2.81. The molecule has 0 aromatic heterocycles. The SMILES string of the molecule is COC(=O)c1cc(S(C)(=O)=O)cc[c]1[Al]. The predicted molar refractivity (Wildman–Crippen MR) is 56.3 cm³/mol. The van der Waals surface area contributed by atoms with Gasteiger partial charge in [0.05, 0.1) is 12.0 Å². The molecular formula is C9H9AlO4S. The van der Waals surface area contributed by atoms with Gasteiger partial charge in [-0.05, 0) is 12.1 Å². The Kier molecular flexibility index (Phi) is 3.55. The summed E-state index contributed by atoms with van der Waals surface area (Å²) in [5, 5.41) is 0. The van der Waals surface area contributed by atoms with Crippen LogP contribution in [-0.4, -0.2) is 44.0 Å². The lowest BCUT2D eigenvalue weighted by Crippen LogP contribution is -2.18. The molecule has 0 saturated heterocycles. The second kappa shape index (κ2) is 4.35. The number of carbonyl (C=O) groups excluding carboxylic acids is 1. The van der Waals surface area contributed by atoms with E-state index >= 15 is 0 Å². The Labute approximate surface area is 96.6 Å². The largest absolute Gasteiger partial charge is 0.465 e. The molecule has 0 spiro atoms. The zero-order valence-corrected chi connectivity index (χ0v) is 10.3. The quantitative estimate of drug-likeness (QED) is 0.524. The van der Waals surface area contributed by atoms with Crippen LogP contribution in [0.5, 0.6) is 0 Å². The summed E-state index contributed by atoms with van der Waals surface area (Å²) in [5.74, 6) is -0.550. The Morgan fingerprint density at radius 3 is 2.47 bits per heavy atom. The monoisotopic (exact) mass is 240 g/mol. The number of benzene rings is 1. The highest BCUT2D eigenvalue weighted by molar-refractivity contribution is 7.90. The molecule has 1 aromatic rings. The van der Waals surface area contributed by atoms with Crippen LogP contribution >= 0.6 is 0 Å². The summed E-state index contributed by atoms with van der Waals surface area (Å²) in [6.07, 6.45) is 1.09. The van der Waals surface area contributed by atoms with Crippen molar-refractivity contribution < 1.29 is 17.9 Å². The highest BCUT2D eigenvalue weighted by atomic mass is 32.2. The number of hydrogen-bond donors (Lipinski definition) is 0. The molecule has 0 heterocycles. The molecule has 2 radical (unpaired) electrons. The average molecular weight is 240 g/mol. The molecule has 6 heteroatoms. The van der Waals surface area contributed by atoms with Gasteiger partial charge in [-0.3, -0.25) is 0 Å². The number of rotatable bonds is 2. The zero-order valence-electron chi connectivity index (χ0n) is 8.35. The molecule has 0 aliphatic carbocycles. The van der Waals surface area contributed by atoms with Crippen LogP contribution in [0.1, 0.15) is 10.4 Å². The van der Waals surface area contributed by atoms with Gasteiger partial charge in [-0.15, -0.1) is 4.43 Å². The third-order valence-corrected chi connectivity index (χ3v) is 3.47. The van der Waals surface area contributed by atoms with E-state index in [1.165, 1.54) is 19.2 Å². The smallest absolute Gasteiger partial charge is 0.336 e. The van der Waals surface area contributed by atoms with E-state index in [0.717, 1.165) is 6.26 Å². The van der Waals surface area contributed by atoms with E-state index in [1.54, 1.807) is 6.07 Å². The predicted octanol–water partition coefficient (Wildman–Crippen LogP) is -0.329. The van der Waals surface area contributed by atoms with Gasteiger partial charge >= 0.3 is 5.97 Å². The molecule has 0 aliphatic heterocycles.